The van der Waals surface area contributed by atoms with Crippen LogP contribution in [-0.4, -0.2) is 5.78 Å². The molecule has 0 aromatic heterocycles. The number of Topliss-reactive ketones (excluding diaryl/α,β-unsaturated/α-hetero) is 1. The molecule has 0 aliphatic carbocycles. The van der Waals surface area contributed by atoms with Crippen LogP contribution in [0, 0.1) is 6.92 Å². The Kier molecular flexibility index (Phi) is 4.08. The summed E-state index contributed by atoms with van der Waals surface area (Å²) in [5.41, 5.74) is 3.14. The number of benzene rings is 2. The van der Waals surface area contributed by atoms with Crippen molar-refractivity contribution in [3.8, 4) is 0 Å². The van der Waals surface area contributed by atoms with Gasteiger partial charge >= 0.3 is 0 Å². The average molecular weight is 236 g/mol. The molecule has 0 aliphatic heterocycles. The Labute approximate surface area is 108 Å². The summed E-state index contributed by atoms with van der Waals surface area (Å²) in [6, 6.07) is 17.6. The second-order valence-corrected chi connectivity index (χ2v) is 4.31. The number of rotatable bonds is 4. The highest BCUT2D eigenvalue weighted by molar-refractivity contribution is 5.97. The number of carbonyl (C=O) groups is 1. The molecular formula is C17H16O. The van der Waals surface area contributed by atoms with Gasteiger partial charge < -0.3 is 0 Å². The molecule has 18 heavy (non-hydrogen) atoms. The van der Waals surface area contributed by atoms with Gasteiger partial charge in [0.05, 0.1) is 0 Å². The molecule has 90 valence electrons. The summed E-state index contributed by atoms with van der Waals surface area (Å²) in [7, 11) is 0. The van der Waals surface area contributed by atoms with E-state index in [0.29, 0.717) is 6.42 Å². The van der Waals surface area contributed by atoms with Crippen LogP contribution in [0.4, 0.5) is 0 Å². The molecule has 0 saturated carbocycles. The van der Waals surface area contributed by atoms with Crippen LogP contribution >= 0.6 is 0 Å². The Morgan fingerprint density at radius 3 is 2.33 bits per heavy atom. The zero-order valence-electron chi connectivity index (χ0n) is 10.5. The lowest BCUT2D eigenvalue weighted by Crippen LogP contribution is -1.95. The highest BCUT2D eigenvalue weighted by Gasteiger charge is 2.01. The van der Waals surface area contributed by atoms with Crippen molar-refractivity contribution in [2.75, 3.05) is 0 Å². The van der Waals surface area contributed by atoms with E-state index >= 15 is 0 Å². The topological polar surface area (TPSA) is 17.1 Å². The summed E-state index contributed by atoms with van der Waals surface area (Å²) in [5.74, 6) is 0.152. The van der Waals surface area contributed by atoms with Gasteiger partial charge in [0.15, 0.2) is 5.78 Å². The molecule has 0 spiro atoms. The van der Waals surface area contributed by atoms with Crippen molar-refractivity contribution in [2.24, 2.45) is 0 Å². The molecule has 0 heterocycles. The zero-order valence-corrected chi connectivity index (χ0v) is 10.5. The van der Waals surface area contributed by atoms with Crippen LogP contribution in [-0.2, 0) is 0 Å². The SMILES string of the molecule is Cc1ccc(/C=C/CC(=O)c2ccccc2)cc1. The molecule has 2 aromatic carbocycles. The maximum absolute atomic E-state index is 11.8. The standard InChI is InChI=1S/C17H16O/c1-14-10-12-15(13-11-14)6-5-9-17(18)16-7-3-2-4-8-16/h2-8,10-13H,9H2,1H3/b6-5+. The fourth-order valence-corrected chi connectivity index (χ4v) is 1.72. The number of ketones is 1. The van der Waals surface area contributed by atoms with E-state index in [-0.39, 0.29) is 5.78 Å². The summed E-state index contributed by atoms with van der Waals surface area (Å²) in [5, 5.41) is 0. The van der Waals surface area contributed by atoms with Crippen molar-refractivity contribution < 1.29 is 4.79 Å². The first-order valence-corrected chi connectivity index (χ1v) is 6.07. The van der Waals surface area contributed by atoms with Gasteiger partial charge in [-0.15, -0.1) is 0 Å². The molecule has 0 saturated heterocycles. The smallest absolute Gasteiger partial charge is 0.166 e. The van der Waals surface area contributed by atoms with Crippen molar-refractivity contribution in [3.05, 3.63) is 77.4 Å². The second-order valence-electron chi connectivity index (χ2n) is 4.31. The Morgan fingerprint density at radius 2 is 1.67 bits per heavy atom. The van der Waals surface area contributed by atoms with Gasteiger partial charge in [0, 0.05) is 12.0 Å². The fourth-order valence-electron chi connectivity index (χ4n) is 1.72. The van der Waals surface area contributed by atoms with Gasteiger partial charge in [0.25, 0.3) is 0 Å². The predicted octanol–water partition coefficient (Wildman–Crippen LogP) is 4.28. The van der Waals surface area contributed by atoms with E-state index < -0.39 is 0 Å². The molecule has 0 bridgehead atoms. The molecule has 0 unspecified atom stereocenters. The minimum Gasteiger partial charge on any atom is -0.294 e. The number of hydrogen-bond donors (Lipinski definition) is 0. The number of hydrogen-bond acceptors (Lipinski definition) is 1. The van der Waals surface area contributed by atoms with Crippen LogP contribution in [0.15, 0.2) is 60.7 Å². The Hall–Kier alpha value is -2.15. The molecule has 2 aromatic rings. The highest BCUT2D eigenvalue weighted by atomic mass is 16.1. The van der Waals surface area contributed by atoms with E-state index in [2.05, 4.69) is 31.2 Å². The van der Waals surface area contributed by atoms with Gasteiger partial charge in [-0.25, -0.2) is 0 Å². The first kappa shape index (κ1) is 12.3. The van der Waals surface area contributed by atoms with Gasteiger partial charge in [0.1, 0.15) is 0 Å². The van der Waals surface area contributed by atoms with Crippen LogP contribution < -0.4 is 0 Å². The fraction of sp³-hybridized carbons (Fsp3) is 0.118. The van der Waals surface area contributed by atoms with Crippen LogP contribution in [0.2, 0.25) is 0 Å². The van der Waals surface area contributed by atoms with Crippen molar-refractivity contribution >= 4 is 11.9 Å². The number of aryl methyl sites for hydroxylation is 1. The van der Waals surface area contributed by atoms with Crippen LogP contribution in [0.1, 0.15) is 27.9 Å². The number of carbonyl (C=O) groups excluding carboxylic acids is 1. The van der Waals surface area contributed by atoms with Gasteiger partial charge in [-0.3, -0.25) is 4.79 Å². The van der Waals surface area contributed by atoms with E-state index in [0.717, 1.165) is 11.1 Å². The maximum atomic E-state index is 11.8. The Morgan fingerprint density at radius 1 is 1.00 bits per heavy atom. The third kappa shape index (κ3) is 3.42. The van der Waals surface area contributed by atoms with Crippen LogP contribution in [0.3, 0.4) is 0 Å². The molecule has 0 fully saturated rings. The van der Waals surface area contributed by atoms with E-state index in [1.807, 2.05) is 42.5 Å². The maximum Gasteiger partial charge on any atom is 0.166 e. The minimum absolute atomic E-state index is 0.152. The van der Waals surface area contributed by atoms with Crippen LogP contribution in [0.5, 0.6) is 0 Å². The molecule has 0 aliphatic rings. The quantitative estimate of drug-likeness (QED) is 0.724. The molecule has 0 amide bonds. The van der Waals surface area contributed by atoms with E-state index in [1.165, 1.54) is 5.56 Å². The summed E-state index contributed by atoms with van der Waals surface area (Å²) in [6.07, 6.45) is 4.35. The first-order valence-electron chi connectivity index (χ1n) is 6.07. The summed E-state index contributed by atoms with van der Waals surface area (Å²) < 4.78 is 0. The van der Waals surface area contributed by atoms with Gasteiger partial charge in [0.2, 0.25) is 0 Å². The average Bonchev–Trinajstić information content (AvgIpc) is 2.42. The van der Waals surface area contributed by atoms with Crippen molar-refractivity contribution in [1.82, 2.24) is 0 Å². The minimum atomic E-state index is 0.152. The Balaban J connectivity index is 1.96. The highest BCUT2D eigenvalue weighted by Crippen LogP contribution is 2.08. The molecule has 1 heteroatoms. The number of allylic oxidation sites excluding steroid dienone is 1. The Bertz CT molecular complexity index is 536. The van der Waals surface area contributed by atoms with Crippen LogP contribution in [0.25, 0.3) is 6.08 Å². The molecule has 2 rings (SSSR count). The molecule has 0 N–H and O–H groups in total. The van der Waals surface area contributed by atoms with Gasteiger partial charge in [-0.05, 0) is 12.5 Å². The third-order valence-corrected chi connectivity index (χ3v) is 2.79. The third-order valence-electron chi connectivity index (χ3n) is 2.79. The van der Waals surface area contributed by atoms with Gasteiger partial charge in [-0.2, -0.15) is 0 Å². The molecule has 1 nitrogen and oxygen atoms in total. The van der Waals surface area contributed by atoms with Crippen molar-refractivity contribution in [3.63, 3.8) is 0 Å². The summed E-state index contributed by atoms with van der Waals surface area (Å²) in [4.78, 5) is 11.8. The lowest BCUT2D eigenvalue weighted by atomic mass is 10.1. The molecule has 0 radical (unpaired) electrons. The van der Waals surface area contributed by atoms with Crippen molar-refractivity contribution in [2.45, 2.75) is 13.3 Å². The van der Waals surface area contributed by atoms with Crippen molar-refractivity contribution in [1.29, 1.82) is 0 Å². The van der Waals surface area contributed by atoms with E-state index in [1.54, 1.807) is 0 Å². The largest absolute Gasteiger partial charge is 0.294 e. The molecule has 0 atom stereocenters. The summed E-state index contributed by atoms with van der Waals surface area (Å²) >= 11 is 0. The predicted molar refractivity (Wildman–Crippen MR) is 75.6 cm³/mol. The molecular weight excluding hydrogens is 220 g/mol. The summed E-state index contributed by atoms with van der Waals surface area (Å²) in [6.45, 7) is 2.06. The van der Waals surface area contributed by atoms with Gasteiger partial charge in [-0.1, -0.05) is 72.3 Å². The lowest BCUT2D eigenvalue weighted by molar-refractivity contribution is 0.0996. The first-order chi connectivity index (χ1) is 8.75. The monoisotopic (exact) mass is 236 g/mol. The zero-order chi connectivity index (χ0) is 12.8. The van der Waals surface area contributed by atoms with E-state index in [4.69, 9.17) is 0 Å². The lowest BCUT2D eigenvalue weighted by Gasteiger charge is -1.97. The normalized spacial score (nSPS) is 10.7. The second kappa shape index (κ2) is 5.97. The van der Waals surface area contributed by atoms with E-state index in [9.17, 15) is 4.79 Å².